The number of nitrogens with one attached hydrogen (secondary N) is 1. The molecule has 2 aromatic rings. The van der Waals surface area contributed by atoms with E-state index in [-0.39, 0.29) is 12.4 Å². The second-order valence-corrected chi connectivity index (χ2v) is 7.69. The number of aromatic nitrogens is 4. The highest BCUT2D eigenvalue weighted by atomic mass is 19.4. The van der Waals surface area contributed by atoms with E-state index in [1.807, 2.05) is 5.32 Å². The first-order valence-electron chi connectivity index (χ1n) is 10.1. The normalized spacial score (nSPS) is 26.0. The first kappa shape index (κ1) is 24.1. The average molecular weight is 461 g/mol. The number of aliphatic hydroxyl groups is 2. The summed E-state index contributed by atoms with van der Waals surface area (Å²) in [6.45, 7) is -0.525. The van der Waals surface area contributed by atoms with E-state index in [1.54, 1.807) is 0 Å². The standard InChI is InChI=1S/C18H26F3N7O4/c19-17(20,21)16(31)24-6-4-2-1-3-5-10-13(30)11(7-29)32-18(10,23)28-9-27-12-14(22)25-8-26-15(12)28/h8-11,13,29-30H,1-7,23H2,(H,24,31)(H2,22,25,26)/t10-,11-,13+,18+/m1/s1. The fourth-order valence-corrected chi connectivity index (χ4v) is 3.92. The number of carbonyl (C=O) groups is 1. The summed E-state index contributed by atoms with van der Waals surface area (Å²) in [5.41, 5.74) is 13.0. The number of nitrogens with two attached hydrogens (primary N) is 2. The van der Waals surface area contributed by atoms with Gasteiger partial charge in [0.05, 0.1) is 18.6 Å². The summed E-state index contributed by atoms with van der Waals surface area (Å²) in [7, 11) is 0. The van der Waals surface area contributed by atoms with Crippen molar-refractivity contribution in [1.82, 2.24) is 24.8 Å². The van der Waals surface area contributed by atoms with Gasteiger partial charge in [0.25, 0.3) is 0 Å². The molecule has 11 nitrogen and oxygen atoms in total. The predicted octanol–water partition coefficient (Wildman–Crippen LogP) is -0.0253. The third kappa shape index (κ3) is 4.77. The van der Waals surface area contributed by atoms with Gasteiger partial charge in [-0.3, -0.25) is 15.1 Å². The molecule has 32 heavy (non-hydrogen) atoms. The van der Waals surface area contributed by atoms with Crippen molar-refractivity contribution in [3.63, 3.8) is 0 Å². The van der Waals surface area contributed by atoms with Crippen LogP contribution in [0.2, 0.25) is 0 Å². The Hall–Kier alpha value is -2.55. The van der Waals surface area contributed by atoms with Crippen molar-refractivity contribution < 1.29 is 32.9 Å². The van der Waals surface area contributed by atoms with E-state index in [0.717, 1.165) is 0 Å². The molecule has 0 aliphatic carbocycles. The summed E-state index contributed by atoms with van der Waals surface area (Å²) in [4.78, 5) is 23.0. The molecule has 1 fully saturated rings. The highest BCUT2D eigenvalue weighted by Crippen LogP contribution is 2.41. The smallest absolute Gasteiger partial charge is 0.394 e. The van der Waals surface area contributed by atoms with Gasteiger partial charge in [0.1, 0.15) is 24.3 Å². The van der Waals surface area contributed by atoms with Gasteiger partial charge in [-0.05, 0) is 12.8 Å². The van der Waals surface area contributed by atoms with E-state index < -0.39 is 42.7 Å². The summed E-state index contributed by atoms with van der Waals surface area (Å²) in [5, 5.41) is 22.1. The fraction of sp³-hybridized carbons (Fsp3) is 0.667. The Bertz CT molecular complexity index is 941. The molecule has 1 aliphatic heterocycles. The van der Waals surface area contributed by atoms with Gasteiger partial charge < -0.3 is 26.0 Å². The van der Waals surface area contributed by atoms with Crippen LogP contribution in [0.5, 0.6) is 0 Å². The number of ether oxygens (including phenoxy) is 1. The largest absolute Gasteiger partial charge is 0.471 e. The molecule has 0 unspecified atom stereocenters. The Morgan fingerprint density at radius 2 is 1.97 bits per heavy atom. The first-order chi connectivity index (χ1) is 15.1. The summed E-state index contributed by atoms with van der Waals surface area (Å²) in [5.74, 6) is -3.98. The van der Waals surface area contributed by atoms with Gasteiger partial charge in [0.2, 0.25) is 5.85 Å². The number of amides is 1. The maximum absolute atomic E-state index is 12.2. The van der Waals surface area contributed by atoms with Crippen molar-refractivity contribution in [3.05, 3.63) is 12.7 Å². The molecular weight excluding hydrogens is 435 g/mol. The maximum atomic E-state index is 12.2. The molecule has 0 saturated carbocycles. The number of nitrogen functional groups attached to an aromatic ring is 1. The molecule has 3 heterocycles. The molecule has 178 valence electrons. The fourth-order valence-electron chi connectivity index (χ4n) is 3.92. The van der Waals surface area contributed by atoms with Gasteiger partial charge in [-0.15, -0.1) is 0 Å². The second kappa shape index (κ2) is 9.52. The van der Waals surface area contributed by atoms with Crippen molar-refractivity contribution in [1.29, 1.82) is 0 Å². The number of hydrogen-bond acceptors (Lipinski definition) is 9. The van der Waals surface area contributed by atoms with Crippen LogP contribution in [0.25, 0.3) is 11.2 Å². The number of alkyl halides is 3. The van der Waals surface area contributed by atoms with Gasteiger partial charge >= 0.3 is 12.1 Å². The molecular formula is C18H26F3N7O4. The minimum absolute atomic E-state index is 0.0803. The van der Waals surface area contributed by atoms with Gasteiger partial charge in [-0.25, -0.2) is 15.0 Å². The summed E-state index contributed by atoms with van der Waals surface area (Å²) >= 11 is 0. The molecule has 0 aromatic carbocycles. The second-order valence-electron chi connectivity index (χ2n) is 7.69. The molecule has 2 aromatic heterocycles. The molecule has 1 aliphatic rings. The number of hydrogen-bond donors (Lipinski definition) is 5. The van der Waals surface area contributed by atoms with Crippen LogP contribution >= 0.6 is 0 Å². The minimum atomic E-state index is -4.89. The molecule has 1 saturated heterocycles. The van der Waals surface area contributed by atoms with Crippen LogP contribution in [0.15, 0.2) is 12.7 Å². The zero-order chi connectivity index (χ0) is 23.5. The molecule has 1 amide bonds. The Kier molecular flexibility index (Phi) is 7.17. The number of aliphatic hydroxyl groups excluding tert-OH is 2. The van der Waals surface area contributed by atoms with Crippen LogP contribution < -0.4 is 16.8 Å². The predicted molar refractivity (Wildman–Crippen MR) is 106 cm³/mol. The van der Waals surface area contributed by atoms with Crippen molar-refractivity contribution in [3.8, 4) is 0 Å². The number of fused-ring (bicyclic) bond motifs is 1. The van der Waals surface area contributed by atoms with Crippen molar-refractivity contribution >= 4 is 22.9 Å². The van der Waals surface area contributed by atoms with Crippen LogP contribution in [0, 0.1) is 5.92 Å². The quantitative estimate of drug-likeness (QED) is 0.321. The topological polar surface area (TPSA) is 174 Å². The Balaban J connectivity index is 1.61. The zero-order valence-electron chi connectivity index (χ0n) is 17.1. The number of unbranched alkanes of at least 4 members (excludes halogenated alkanes) is 3. The van der Waals surface area contributed by atoms with Gasteiger partial charge in [0, 0.05) is 6.54 Å². The minimum Gasteiger partial charge on any atom is -0.394 e. The molecule has 7 N–H and O–H groups in total. The van der Waals surface area contributed by atoms with Gasteiger partial charge in [0.15, 0.2) is 11.5 Å². The highest BCUT2D eigenvalue weighted by molar-refractivity contribution is 5.81. The summed E-state index contributed by atoms with van der Waals surface area (Å²) < 4.78 is 43.7. The lowest BCUT2D eigenvalue weighted by Gasteiger charge is -2.32. The van der Waals surface area contributed by atoms with Crippen molar-refractivity contribution in [2.75, 3.05) is 18.9 Å². The van der Waals surface area contributed by atoms with Crippen LogP contribution in [0.1, 0.15) is 32.1 Å². The molecule has 0 spiro atoms. The lowest BCUT2D eigenvalue weighted by molar-refractivity contribution is -0.173. The monoisotopic (exact) mass is 461 g/mol. The average Bonchev–Trinajstić information content (AvgIpc) is 3.28. The van der Waals surface area contributed by atoms with Gasteiger partial charge in [-0.2, -0.15) is 13.2 Å². The molecule has 0 bridgehead atoms. The summed E-state index contributed by atoms with van der Waals surface area (Å²) in [6, 6.07) is 0. The van der Waals surface area contributed by atoms with E-state index in [2.05, 4.69) is 15.0 Å². The lowest BCUT2D eigenvalue weighted by Crippen LogP contribution is -2.49. The number of halogens is 3. The SMILES string of the molecule is Nc1ncnc2c1ncn2[C@]1(N)O[C@H](CO)[C@@H](O)[C@H]1CCCCCCNC(=O)C(F)(F)F. The number of rotatable bonds is 9. The van der Waals surface area contributed by atoms with Crippen LogP contribution in [-0.2, 0) is 15.4 Å². The zero-order valence-corrected chi connectivity index (χ0v) is 17.1. The van der Waals surface area contributed by atoms with Crippen LogP contribution in [0.4, 0.5) is 19.0 Å². The van der Waals surface area contributed by atoms with E-state index in [4.69, 9.17) is 16.2 Å². The molecule has 3 rings (SSSR count). The number of imidazole rings is 1. The number of nitrogens with zero attached hydrogens (tertiary/aromatic N) is 4. The van der Waals surface area contributed by atoms with Crippen LogP contribution in [0.3, 0.4) is 0 Å². The van der Waals surface area contributed by atoms with E-state index in [0.29, 0.717) is 43.3 Å². The maximum Gasteiger partial charge on any atom is 0.471 e. The Morgan fingerprint density at radius 3 is 2.66 bits per heavy atom. The van der Waals surface area contributed by atoms with E-state index >= 15 is 0 Å². The number of carbonyl (C=O) groups excluding carboxylic acids is 1. The highest BCUT2D eigenvalue weighted by Gasteiger charge is 2.53. The Morgan fingerprint density at radius 1 is 1.25 bits per heavy atom. The van der Waals surface area contributed by atoms with E-state index in [1.165, 1.54) is 17.2 Å². The molecule has 4 atom stereocenters. The molecule has 14 heteroatoms. The van der Waals surface area contributed by atoms with Crippen molar-refractivity contribution in [2.45, 2.75) is 56.3 Å². The Labute approximate surface area is 181 Å². The third-order valence-electron chi connectivity index (χ3n) is 5.57. The van der Waals surface area contributed by atoms with Crippen molar-refractivity contribution in [2.24, 2.45) is 11.7 Å². The summed E-state index contributed by atoms with van der Waals surface area (Å²) in [6.07, 6.45) is -1.67. The van der Waals surface area contributed by atoms with E-state index in [9.17, 15) is 28.2 Å². The lowest BCUT2D eigenvalue weighted by atomic mass is 9.90. The first-order valence-corrected chi connectivity index (χ1v) is 10.1. The van der Waals surface area contributed by atoms with Gasteiger partial charge in [-0.1, -0.05) is 19.3 Å². The van der Waals surface area contributed by atoms with Crippen LogP contribution in [-0.4, -0.2) is 67.2 Å². The molecule has 0 radical (unpaired) electrons. The third-order valence-corrected chi connectivity index (χ3v) is 5.57. The number of anilines is 1.